The maximum atomic E-state index is 13.1. The van der Waals surface area contributed by atoms with Crippen LogP contribution in [0.25, 0.3) is 31.6 Å². The van der Waals surface area contributed by atoms with Gasteiger partial charge in [0, 0.05) is 22.4 Å². The van der Waals surface area contributed by atoms with Crippen molar-refractivity contribution in [1.82, 2.24) is 19.5 Å². The van der Waals surface area contributed by atoms with Crippen molar-refractivity contribution in [2.24, 2.45) is 7.05 Å². The number of aromatic amines is 1. The van der Waals surface area contributed by atoms with Crippen molar-refractivity contribution < 1.29 is 0 Å². The van der Waals surface area contributed by atoms with Crippen LogP contribution in [0.5, 0.6) is 0 Å². The number of H-pyrrole nitrogens is 1. The third-order valence-corrected chi connectivity index (χ3v) is 8.98. The van der Waals surface area contributed by atoms with Crippen LogP contribution in [-0.2, 0) is 12.8 Å². The lowest BCUT2D eigenvalue weighted by molar-refractivity contribution is 0.727. The highest BCUT2D eigenvalue weighted by molar-refractivity contribution is 7.98. The Labute approximate surface area is 202 Å². The first-order valence-corrected chi connectivity index (χ1v) is 13.0. The molecule has 0 saturated heterocycles. The molecule has 9 heteroatoms. The van der Waals surface area contributed by atoms with E-state index >= 15 is 0 Å². The van der Waals surface area contributed by atoms with Gasteiger partial charge in [0.25, 0.3) is 11.1 Å². The van der Waals surface area contributed by atoms with E-state index in [1.165, 1.54) is 40.0 Å². The molecule has 5 aromatic rings. The second kappa shape index (κ2) is 8.23. The number of rotatable bonds is 4. The van der Waals surface area contributed by atoms with Crippen LogP contribution >= 0.6 is 34.4 Å². The van der Waals surface area contributed by atoms with Gasteiger partial charge >= 0.3 is 0 Å². The van der Waals surface area contributed by atoms with E-state index in [9.17, 15) is 9.59 Å². The van der Waals surface area contributed by atoms with Gasteiger partial charge in [-0.05, 0) is 38.8 Å². The van der Waals surface area contributed by atoms with Gasteiger partial charge in [-0.1, -0.05) is 41.6 Å². The standard InChI is InChI=1S/C24H22N4O2S3/c1-11-6-8-15(9-7-11)18-14(4)33-22-19(18)20(29)25-16(26-22)10-31-24-27-21-17(23(30)28(24)5)12(2)13(3)32-21/h6-9H,10H2,1-5H3,(H,25,26,29). The number of fused-ring (bicyclic) bond motifs is 2. The number of hydrogen-bond donors (Lipinski definition) is 1. The molecule has 33 heavy (non-hydrogen) atoms. The molecule has 6 nitrogen and oxygen atoms in total. The van der Waals surface area contributed by atoms with Crippen molar-refractivity contribution in [3.8, 4) is 11.1 Å². The summed E-state index contributed by atoms with van der Waals surface area (Å²) in [5.41, 5.74) is 3.95. The zero-order valence-electron chi connectivity index (χ0n) is 18.9. The van der Waals surface area contributed by atoms with Crippen LogP contribution in [0.1, 0.15) is 26.7 Å². The molecule has 0 amide bonds. The molecule has 4 heterocycles. The zero-order chi connectivity index (χ0) is 23.4. The van der Waals surface area contributed by atoms with E-state index in [0.717, 1.165) is 36.1 Å². The van der Waals surface area contributed by atoms with Crippen LogP contribution in [-0.4, -0.2) is 19.5 Å². The lowest BCUT2D eigenvalue weighted by atomic mass is 10.0. The highest BCUT2D eigenvalue weighted by Gasteiger charge is 2.18. The summed E-state index contributed by atoms with van der Waals surface area (Å²) in [6, 6.07) is 8.19. The molecule has 0 fully saturated rings. The van der Waals surface area contributed by atoms with Gasteiger partial charge in [0.15, 0.2) is 5.16 Å². The van der Waals surface area contributed by atoms with Crippen molar-refractivity contribution in [3.05, 3.63) is 71.7 Å². The summed E-state index contributed by atoms with van der Waals surface area (Å²) >= 11 is 4.47. The third-order valence-electron chi connectivity index (χ3n) is 5.83. The summed E-state index contributed by atoms with van der Waals surface area (Å²) in [6.07, 6.45) is 0. The predicted molar refractivity (Wildman–Crippen MR) is 139 cm³/mol. The van der Waals surface area contributed by atoms with Crippen LogP contribution in [0, 0.1) is 27.7 Å². The normalized spacial score (nSPS) is 11.7. The van der Waals surface area contributed by atoms with Crippen LogP contribution in [0.2, 0.25) is 0 Å². The van der Waals surface area contributed by atoms with Crippen molar-refractivity contribution in [1.29, 1.82) is 0 Å². The van der Waals surface area contributed by atoms with Crippen LogP contribution in [0.15, 0.2) is 39.0 Å². The Morgan fingerprint density at radius 2 is 1.61 bits per heavy atom. The molecule has 5 rings (SSSR count). The Kier molecular flexibility index (Phi) is 5.50. The average Bonchev–Trinajstić information content (AvgIpc) is 3.26. The van der Waals surface area contributed by atoms with E-state index in [4.69, 9.17) is 9.97 Å². The number of benzene rings is 1. The minimum Gasteiger partial charge on any atom is -0.309 e. The number of aromatic nitrogens is 4. The summed E-state index contributed by atoms with van der Waals surface area (Å²) in [5, 5.41) is 1.93. The van der Waals surface area contributed by atoms with Gasteiger partial charge in [0.2, 0.25) is 0 Å². The van der Waals surface area contributed by atoms with Crippen molar-refractivity contribution in [3.63, 3.8) is 0 Å². The summed E-state index contributed by atoms with van der Waals surface area (Å²) in [6.45, 7) is 8.03. The number of aryl methyl sites for hydroxylation is 4. The van der Waals surface area contributed by atoms with Crippen molar-refractivity contribution in [2.45, 2.75) is 38.6 Å². The molecule has 1 aromatic carbocycles. The van der Waals surface area contributed by atoms with Crippen LogP contribution in [0.4, 0.5) is 0 Å². The molecule has 0 aliphatic heterocycles. The molecule has 0 saturated carbocycles. The fourth-order valence-corrected chi connectivity index (χ4v) is 6.89. The van der Waals surface area contributed by atoms with Crippen molar-refractivity contribution >= 4 is 54.9 Å². The maximum absolute atomic E-state index is 13.1. The number of thiophene rings is 2. The molecular weight excluding hydrogens is 472 g/mol. The molecule has 0 bridgehead atoms. The largest absolute Gasteiger partial charge is 0.309 e. The Balaban J connectivity index is 1.51. The molecular formula is C24H22N4O2S3. The SMILES string of the molecule is Cc1ccc(-c2c(C)sc3nc(CSc4nc5sc(C)c(C)c5c(=O)n4C)[nH]c(=O)c23)cc1. The molecule has 0 aliphatic rings. The Hall–Kier alpha value is -2.75. The Morgan fingerprint density at radius 3 is 2.33 bits per heavy atom. The summed E-state index contributed by atoms with van der Waals surface area (Å²) in [4.78, 5) is 42.0. The summed E-state index contributed by atoms with van der Waals surface area (Å²) in [5.74, 6) is 0.985. The fourth-order valence-electron chi connectivity index (χ4n) is 3.92. The summed E-state index contributed by atoms with van der Waals surface area (Å²) in [7, 11) is 1.74. The van der Waals surface area contributed by atoms with Gasteiger partial charge in [-0.2, -0.15) is 0 Å². The minimum absolute atomic E-state index is 0.0436. The van der Waals surface area contributed by atoms with Crippen molar-refractivity contribution in [2.75, 3.05) is 0 Å². The first kappa shape index (κ1) is 22.1. The molecule has 0 unspecified atom stereocenters. The van der Waals surface area contributed by atoms with E-state index in [-0.39, 0.29) is 11.1 Å². The lowest BCUT2D eigenvalue weighted by Gasteiger charge is -2.07. The molecule has 4 aromatic heterocycles. The average molecular weight is 495 g/mol. The summed E-state index contributed by atoms with van der Waals surface area (Å²) < 4.78 is 1.58. The van der Waals surface area contributed by atoms with Gasteiger partial charge in [-0.15, -0.1) is 22.7 Å². The van der Waals surface area contributed by atoms with Gasteiger partial charge in [0.1, 0.15) is 15.5 Å². The fraction of sp³-hybridized carbons (Fsp3) is 0.250. The van der Waals surface area contributed by atoms with Gasteiger partial charge < -0.3 is 4.98 Å². The van der Waals surface area contributed by atoms with Gasteiger partial charge in [-0.25, -0.2) is 9.97 Å². The monoisotopic (exact) mass is 494 g/mol. The Bertz CT molecular complexity index is 1660. The number of nitrogens with one attached hydrogen (secondary N) is 1. The van der Waals surface area contributed by atoms with E-state index in [1.54, 1.807) is 11.6 Å². The molecule has 0 aliphatic carbocycles. The second-order valence-corrected chi connectivity index (χ2v) is 11.5. The van der Waals surface area contributed by atoms with Gasteiger partial charge in [-0.3, -0.25) is 14.2 Å². The molecule has 1 N–H and O–H groups in total. The quantitative estimate of drug-likeness (QED) is 0.264. The van der Waals surface area contributed by atoms with E-state index < -0.39 is 0 Å². The predicted octanol–water partition coefficient (Wildman–Crippen LogP) is 5.49. The minimum atomic E-state index is -0.141. The number of nitrogens with zero attached hydrogens (tertiary/aromatic N) is 3. The molecule has 0 spiro atoms. The molecule has 168 valence electrons. The maximum Gasteiger partial charge on any atom is 0.262 e. The first-order chi connectivity index (χ1) is 15.7. The highest BCUT2D eigenvalue weighted by Crippen LogP contribution is 2.36. The molecule has 0 atom stereocenters. The molecule has 0 radical (unpaired) electrons. The smallest absolute Gasteiger partial charge is 0.262 e. The second-order valence-electron chi connectivity index (χ2n) is 8.10. The van der Waals surface area contributed by atoms with Gasteiger partial charge in [0.05, 0.1) is 16.5 Å². The van der Waals surface area contributed by atoms with E-state index in [2.05, 4.69) is 17.1 Å². The van der Waals surface area contributed by atoms with Crippen LogP contribution < -0.4 is 11.1 Å². The highest BCUT2D eigenvalue weighted by atomic mass is 32.2. The van der Waals surface area contributed by atoms with E-state index in [0.29, 0.717) is 27.5 Å². The first-order valence-electron chi connectivity index (χ1n) is 10.4. The Morgan fingerprint density at radius 1 is 0.939 bits per heavy atom. The number of thioether (sulfide) groups is 1. The third kappa shape index (κ3) is 3.74. The van der Waals surface area contributed by atoms with Crippen LogP contribution in [0.3, 0.4) is 0 Å². The topological polar surface area (TPSA) is 80.6 Å². The number of hydrogen-bond acceptors (Lipinski definition) is 7. The zero-order valence-corrected chi connectivity index (χ0v) is 21.3. The van der Waals surface area contributed by atoms with E-state index in [1.807, 2.05) is 39.8 Å². The lowest BCUT2D eigenvalue weighted by Crippen LogP contribution is -2.20.